The second kappa shape index (κ2) is 4.12. The molecule has 0 unspecified atom stereocenters. The highest BCUT2D eigenvalue weighted by Crippen LogP contribution is 2.20. The van der Waals surface area contributed by atoms with E-state index in [1.165, 1.54) is 0 Å². The van der Waals surface area contributed by atoms with Crippen molar-refractivity contribution < 1.29 is 0 Å². The quantitative estimate of drug-likeness (QED) is 0.902. The van der Waals surface area contributed by atoms with Crippen molar-refractivity contribution in [3.8, 4) is 5.69 Å². The molecule has 0 aliphatic carbocycles. The van der Waals surface area contributed by atoms with Gasteiger partial charge in [-0.05, 0) is 35.0 Å². The lowest BCUT2D eigenvalue weighted by atomic mass is 10.3. The summed E-state index contributed by atoms with van der Waals surface area (Å²) >= 11 is 3.48. The summed E-state index contributed by atoms with van der Waals surface area (Å²) in [4.78, 5) is 4.25. The minimum Gasteiger partial charge on any atom is -0.324 e. The molecule has 2 N–H and O–H groups in total. The molecule has 0 radical (unpaired) electrons. The summed E-state index contributed by atoms with van der Waals surface area (Å²) in [5.41, 5.74) is 6.57. The lowest BCUT2D eigenvalue weighted by Gasteiger charge is -2.05. The van der Waals surface area contributed by atoms with Crippen molar-refractivity contribution >= 4 is 15.9 Å². The molecule has 1 aromatic heterocycles. The number of hydrogen-bond donors (Lipinski definition) is 1. The first kappa shape index (κ1) is 10.3. The monoisotopic (exact) mass is 266 g/mol. The average molecular weight is 267 g/mol. The van der Waals surface area contributed by atoms with Crippen LogP contribution >= 0.6 is 15.9 Å². The van der Waals surface area contributed by atoms with E-state index in [0.29, 0.717) is 6.54 Å². The van der Waals surface area contributed by atoms with E-state index < -0.39 is 0 Å². The van der Waals surface area contributed by atoms with Gasteiger partial charge in [0.1, 0.15) is 11.6 Å². The van der Waals surface area contributed by atoms with E-state index >= 15 is 0 Å². The van der Waals surface area contributed by atoms with E-state index in [4.69, 9.17) is 5.73 Å². The van der Waals surface area contributed by atoms with Crippen molar-refractivity contribution in [2.75, 3.05) is 0 Å². The van der Waals surface area contributed by atoms with Crippen molar-refractivity contribution in [2.24, 2.45) is 5.73 Å². The summed E-state index contributed by atoms with van der Waals surface area (Å²) in [6, 6.07) is 7.85. The summed E-state index contributed by atoms with van der Waals surface area (Å²) in [7, 11) is 0. The van der Waals surface area contributed by atoms with Gasteiger partial charge in [-0.1, -0.05) is 12.1 Å². The van der Waals surface area contributed by atoms with Crippen LogP contribution in [0.2, 0.25) is 0 Å². The van der Waals surface area contributed by atoms with Crippen LogP contribution in [0.25, 0.3) is 5.69 Å². The number of para-hydroxylation sites is 1. The highest BCUT2D eigenvalue weighted by Gasteiger charge is 2.09. The maximum Gasteiger partial charge on any atom is 0.148 e. The van der Waals surface area contributed by atoms with Crippen molar-refractivity contribution in [3.63, 3.8) is 0 Å². The number of benzene rings is 1. The van der Waals surface area contributed by atoms with Crippen LogP contribution in [-0.2, 0) is 6.54 Å². The van der Waals surface area contributed by atoms with Crippen LogP contribution in [0.4, 0.5) is 0 Å². The predicted molar refractivity (Wildman–Crippen MR) is 61.7 cm³/mol. The second-order valence-electron chi connectivity index (χ2n) is 3.14. The molecule has 2 rings (SSSR count). The van der Waals surface area contributed by atoms with Crippen molar-refractivity contribution in [1.29, 1.82) is 0 Å². The Bertz CT molecular complexity index is 478. The first-order chi connectivity index (χ1) is 7.22. The Morgan fingerprint density at radius 1 is 1.40 bits per heavy atom. The number of nitrogens with zero attached hydrogens (tertiary/aromatic N) is 3. The summed E-state index contributed by atoms with van der Waals surface area (Å²) in [6.45, 7) is 2.23. The maximum atomic E-state index is 5.61. The van der Waals surface area contributed by atoms with E-state index in [9.17, 15) is 0 Å². The first-order valence-corrected chi connectivity index (χ1v) is 5.39. The molecular formula is C10H11BrN4. The number of hydrogen-bond acceptors (Lipinski definition) is 3. The van der Waals surface area contributed by atoms with Gasteiger partial charge in [0.25, 0.3) is 0 Å². The minimum absolute atomic E-state index is 0.377. The van der Waals surface area contributed by atoms with Crippen molar-refractivity contribution in [3.05, 3.63) is 40.4 Å². The van der Waals surface area contributed by atoms with Gasteiger partial charge in [-0.3, -0.25) is 0 Å². The Hall–Kier alpha value is -1.20. The fourth-order valence-electron chi connectivity index (χ4n) is 1.41. The van der Waals surface area contributed by atoms with Crippen LogP contribution in [-0.4, -0.2) is 14.8 Å². The predicted octanol–water partition coefficient (Wildman–Crippen LogP) is 1.80. The maximum absolute atomic E-state index is 5.61. The van der Waals surface area contributed by atoms with Gasteiger partial charge in [0.15, 0.2) is 0 Å². The Morgan fingerprint density at radius 2 is 2.13 bits per heavy atom. The molecule has 0 aliphatic heterocycles. The molecule has 1 heterocycles. The molecule has 2 aromatic rings. The van der Waals surface area contributed by atoms with Gasteiger partial charge in [0.05, 0.1) is 12.2 Å². The zero-order chi connectivity index (χ0) is 10.8. The zero-order valence-corrected chi connectivity index (χ0v) is 9.90. The number of aromatic nitrogens is 3. The smallest absolute Gasteiger partial charge is 0.148 e. The fourth-order valence-corrected chi connectivity index (χ4v) is 1.86. The van der Waals surface area contributed by atoms with E-state index in [1.54, 1.807) is 4.68 Å². The van der Waals surface area contributed by atoms with Crippen molar-refractivity contribution in [2.45, 2.75) is 13.5 Å². The Balaban J connectivity index is 2.58. The molecule has 0 amide bonds. The van der Waals surface area contributed by atoms with E-state index in [2.05, 4.69) is 26.0 Å². The molecule has 0 saturated carbocycles. The topological polar surface area (TPSA) is 56.7 Å². The molecule has 0 saturated heterocycles. The largest absolute Gasteiger partial charge is 0.324 e. The molecule has 0 aliphatic rings. The van der Waals surface area contributed by atoms with E-state index in [-0.39, 0.29) is 0 Å². The fraction of sp³-hybridized carbons (Fsp3) is 0.200. The Morgan fingerprint density at radius 3 is 2.80 bits per heavy atom. The molecule has 0 bridgehead atoms. The van der Waals surface area contributed by atoms with Crippen molar-refractivity contribution in [1.82, 2.24) is 14.8 Å². The van der Waals surface area contributed by atoms with Gasteiger partial charge < -0.3 is 5.73 Å². The highest BCUT2D eigenvalue weighted by molar-refractivity contribution is 9.10. The molecule has 1 aromatic carbocycles. The van der Waals surface area contributed by atoms with Crippen LogP contribution in [0.3, 0.4) is 0 Å². The first-order valence-electron chi connectivity index (χ1n) is 4.60. The standard InChI is InChI=1S/C10H11BrN4/c1-7-13-10(6-12)15(14-7)9-5-3-2-4-8(9)11/h2-5H,6,12H2,1H3. The highest BCUT2D eigenvalue weighted by atomic mass is 79.9. The summed E-state index contributed by atoms with van der Waals surface area (Å²) in [5, 5.41) is 4.31. The lowest BCUT2D eigenvalue weighted by molar-refractivity contribution is 0.783. The molecule has 0 spiro atoms. The third kappa shape index (κ3) is 1.93. The lowest BCUT2D eigenvalue weighted by Crippen LogP contribution is -2.08. The molecular weight excluding hydrogens is 256 g/mol. The Kier molecular flexibility index (Phi) is 2.83. The normalized spacial score (nSPS) is 10.6. The van der Waals surface area contributed by atoms with Gasteiger partial charge in [-0.25, -0.2) is 9.67 Å². The zero-order valence-electron chi connectivity index (χ0n) is 8.31. The molecule has 0 atom stereocenters. The molecule has 4 nitrogen and oxygen atoms in total. The third-order valence-corrected chi connectivity index (χ3v) is 2.71. The summed E-state index contributed by atoms with van der Waals surface area (Å²) in [5.74, 6) is 1.49. The van der Waals surface area contributed by atoms with Gasteiger partial charge in [-0.2, -0.15) is 5.10 Å². The molecule has 15 heavy (non-hydrogen) atoms. The van der Waals surface area contributed by atoms with Gasteiger partial charge in [-0.15, -0.1) is 0 Å². The molecule has 78 valence electrons. The van der Waals surface area contributed by atoms with Gasteiger partial charge >= 0.3 is 0 Å². The van der Waals surface area contributed by atoms with Crippen LogP contribution < -0.4 is 5.73 Å². The summed E-state index contributed by atoms with van der Waals surface area (Å²) < 4.78 is 2.74. The number of halogens is 1. The average Bonchev–Trinajstić information content (AvgIpc) is 2.60. The third-order valence-electron chi connectivity index (χ3n) is 2.04. The summed E-state index contributed by atoms with van der Waals surface area (Å²) in [6.07, 6.45) is 0. The van der Waals surface area contributed by atoms with Crippen LogP contribution in [0, 0.1) is 6.92 Å². The Labute approximate surface area is 96.3 Å². The molecule has 0 fully saturated rings. The van der Waals surface area contributed by atoms with Gasteiger partial charge in [0, 0.05) is 4.47 Å². The van der Waals surface area contributed by atoms with Crippen LogP contribution in [0.1, 0.15) is 11.6 Å². The SMILES string of the molecule is Cc1nc(CN)n(-c2ccccc2Br)n1. The van der Waals surface area contributed by atoms with Crippen LogP contribution in [0.15, 0.2) is 28.7 Å². The number of nitrogens with two attached hydrogens (primary N) is 1. The van der Waals surface area contributed by atoms with E-state index in [1.807, 2.05) is 31.2 Å². The minimum atomic E-state index is 0.377. The van der Waals surface area contributed by atoms with Gasteiger partial charge in [0.2, 0.25) is 0 Å². The number of rotatable bonds is 2. The second-order valence-corrected chi connectivity index (χ2v) is 4.00. The molecule has 5 heteroatoms. The van der Waals surface area contributed by atoms with E-state index in [0.717, 1.165) is 21.8 Å². The number of aryl methyl sites for hydroxylation is 1. The van der Waals surface area contributed by atoms with Crippen LogP contribution in [0.5, 0.6) is 0 Å².